The first kappa shape index (κ1) is 13.2. The van der Waals surface area contributed by atoms with E-state index in [2.05, 4.69) is 5.32 Å². The Balaban J connectivity index is 2.50. The number of halogens is 2. The molecule has 0 radical (unpaired) electrons. The molecule has 2 aromatic carbocycles. The summed E-state index contributed by atoms with van der Waals surface area (Å²) in [5.41, 5.74) is 1.28. The third-order valence-electron chi connectivity index (χ3n) is 2.85. The summed E-state index contributed by atoms with van der Waals surface area (Å²) in [5, 5.41) is 2.27. The third kappa shape index (κ3) is 2.78. The number of amides is 1. The summed E-state index contributed by atoms with van der Waals surface area (Å²) in [6.45, 7) is 0. The van der Waals surface area contributed by atoms with Gasteiger partial charge in [0.25, 0.3) is 5.91 Å². The summed E-state index contributed by atoms with van der Waals surface area (Å²) in [5.74, 6) is -1.12. The number of hydrogen-bond donors (Lipinski definition) is 1. The number of carbonyl (C=O) groups excluding carboxylic acids is 1. The van der Waals surface area contributed by atoms with Gasteiger partial charge >= 0.3 is 0 Å². The Morgan fingerprint density at radius 1 is 1.16 bits per heavy atom. The maximum absolute atomic E-state index is 14.1. The molecule has 98 valence electrons. The van der Waals surface area contributed by atoms with E-state index in [1.165, 1.54) is 25.2 Å². The van der Waals surface area contributed by atoms with E-state index in [1.807, 2.05) is 0 Å². The molecular weight excluding hydrogens is 248 g/mol. The second-order valence-corrected chi connectivity index (χ2v) is 4.07. The van der Waals surface area contributed by atoms with Gasteiger partial charge < -0.3 is 5.32 Å². The highest BCUT2D eigenvalue weighted by molar-refractivity contribution is 5.85. The Labute approximate surface area is 110 Å². The van der Waals surface area contributed by atoms with Crippen molar-refractivity contribution < 1.29 is 13.6 Å². The molecule has 0 spiro atoms. The fraction of sp³-hybridized carbons (Fsp3) is 0.133. The molecule has 0 heterocycles. The minimum Gasteiger partial charge on any atom is -0.356 e. The predicted molar refractivity (Wildman–Crippen MR) is 69.8 cm³/mol. The van der Waals surface area contributed by atoms with Crippen LogP contribution in [-0.2, 0) is 4.79 Å². The van der Waals surface area contributed by atoms with Crippen molar-refractivity contribution in [3.05, 3.63) is 59.9 Å². The van der Waals surface area contributed by atoms with Crippen molar-refractivity contribution in [2.24, 2.45) is 0 Å². The molecule has 2 nitrogen and oxygen atoms in total. The van der Waals surface area contributed by atoms with Gasteiger partial charge in [-0.15, -0.1) is 0 Å². The lowest BCUT2D eigenvalue weighted by Crippen LogP contribution is -2.23. The van der Waals surface area contributed by atoms with Crippen LogP contribution < -0.4 is 5.32 Å². The van der Waals surface area contributed by atoms with E-state index < -0.39 is 17.9 Å². The summed E-state index contributed by atoms with van der Waals surface area (Å²) in [4.78, 5) is 11.4. The number of nitrogens with one attached hydrogen (secondary N) is 1. The number of benzene rings is 2. The van der Waals surface area contributed by atoms with E-state index in [0.29, 0.717) is 11.1 Å². The molecule has 0 fully saturated rings. The predicted octanol–water partition coefficient (Wildman–Crippen LogP) is 3.25. The molecule has 1 amide bonds. The Morgan fingerprint density at radius 2 is 1.89 bits per heavy atom. The zero-order chi connectivity index (χ0) is 13.8. The van der Waals surface area contributed by atoms with Gasteiger partial charge in [0.2, 0.25) is 6.17 Å². The second kappa shape index (κ2) is 5.61. The van der Waals surface area contributed by atoms with Gasteiger partial charge in [0.15, 0.2) is 0 Å². The smallest absolute Gasteiger partial charge is 0.258 e. The number of hydrogen-bond acceptors (Lipinski definition) is 1. The lowest BCUT2D eigenvalue weighted by Gasteiger charge is -2.13. The summed E-state index contributed by atoms with van der Waals surface area (Å²) in [6.07, 6.45) is -1.77. The number of carbonyl (C=O) groups is 1. The van der Waals surface area contributed by atoms with E-state index in [4.69, 9.17) is 0 Å². The number of rotatable bonds is 3. The second-order valence-electron chi connectivity index (χ2n) is 4.07. The van der Waals surface area contributed by atoms with Crippen molar-refractivity contribution in [3.8, 4) is 11.1 Å². The maximum Gasteiger partial charge on any atom is 0.258 e. The SMILES string of the molecule is CNC(=O)C(F)c1ccccc1-c1cccc(F)c1. The first-order valence-electron chi connectivity index (χ1n) is 5.84. The van der Waals surface area contributed by atoms with E-state index in [1.54, 1.807) is 30.3 Å². The van der Waals surface area contributed by atoms with E-state index in [-0.39, 0.29) is 5.56 Å². The highest BCUT2D eigenvalue weighted by Gasteiger charge is 2.21. The van der Waals surface area contributed by atoms with Gasteiger partial charge in [-0.05, 0) is 23.3 Å². The van der Waals surface area contributed by atoms with Crippen LogP contribution in [0.15, 0.2) is 48.5 Å². The molecule has 0 aromatic heterocycles. The van der Waals surface area contributed by atoms with Crippen molar-refractivity contribution in [2.75, 3.05) is 7.05 Å². The molecule has 0 saturated heterocycles. The molecule has 0 aliphatic rings. The largest absolute Gasteiger partial charge is 0.356 e. The number of alkyl halides is 1. The summed E-state index contributed by atoms with van der Waals surface area (Å²) < 4.78 is 27.3. The molecule has 19 heavy (non-hydrogen) atoms. The monoisotopic (exact) mass is 261 g/mol. The van der Waals surface area contributed by atoms with Gasteiger partial charge in [-0.3, -0.25) is 4.79 Å². The average molecular weight is 261 g/mol. The van der Waals surface area contributed by atoms with Crippen molar-refractivity contribution in [1.82, 2.24) is 5.32 Å². The molecular formula is C15H13F2NO. The van der Waals surface area contributed by atoms with Gasteiger partial charge in [0, 0.05) is 12.6 Å². The number of likely N-dealkylation sites (N-methyl/N-ethyl adjacent to an activating group) is 1. The minimum atomic E-state index is -1.77. The van der Waals surface area contributed by atoms with Crippen LogP contribution in [0, 0.1) is 5.82 Å². The fourth-order valence-corrected chi connectivity index (χ4v) is 1.90. The van der Waals surface area contributed by atoms with Gasteiger partial charge in [-0.25, -0.2) is 8.78 Å². The summed E-state index contributed by atoms with van der Waals surface area (Å²) in [7, 11) is 1.37. The molecule has 4 heteroatoms. The van der Waals surface area contributed by atoms with Gasteiger partial charge in [-0.1, -0.05) is 36.4 Å². The van der Waals surface area contributed by atoms with E-state index >= 15 is 0 Å². The summed E-state index contributed by atoms with van der Waals surface area (Å²) in [6, 6.07) is 12.4. The van der Waals surface area contributed by atoms with Crippen LogP contribution in [0.3, 0.4) is 0 Å². The fourth-order valence-electron chi connectivity index (χ4n) is 1.90. The third-order valence-corrected chi connectivity index (χ3v) is 2.85. The van der Waals surface area contributed by atoms with Crippen LogP contribution >= 0.6 is 0 Å². The maximum atomic E-state index is 14.1. The van der Waals surface area contributed by atoms with Crippen LogP contribution in [0.5, 0.6) is 0 Å². The molecule has 1 N–H and O–H groups in total. The van der Waals surface area contributed by atoms with Crippen LogP contribution in [-0.4, -0.2) is 13.0 Å². The quantitative estimate of drug-likeness (QED) is 0.902. The van der Waals surface area contributed by atoms with Crippen molar-refractivity contribution >= 4 is 5.91 Å². The lowest BCUT2D eigenvalue weighted by atomic mass is 9.96. The standard InChI is InChI=1S/C15H13F2NO/c1-18-15(19)14(17)13-8-3-2-7-12(13)10-5-4-6-11(16)9-10/h2-9,14H,1H3,(H,18,19). The van der Waals surface area contributed by atoms with Gasteiger partial charge in [-0.2, -0.15) is 0 Å². The van der Waals surface area contributed by atoms with E-state index in [0.717, 1.165) is 0 Å². The van der Waals surface area contributed by atoms with Gasteiger partial charge in [0.1, 0.15) is 5.82 Å². The van der Waals surface area contributed by atoms with Crippen LogP contribution in [0.4, 0.5) is 8.78 Å². The van der Waals surface area contributed by atoms with E-state index in [9.17, 15) is 13.6 Å². The van der Waals surface area contributed by atoms with Crippen molar-refractivity contribution in [1.29, 1.82) is 0 Å². The van der Waals surface area contributed by atoms with Crippen molar-refractivity contribution in [2.45, 2.75) is 6.17 Å². The Morgan fingerprint density at radius 3 is 2.58 bits per heavy atom. The zero-order valence-corrected chi connectivity index (χ0v) is 10.4. The summed E-state index contributed by atoms with van der Waals surface area (Å²) >= 11 is 0. The normalized spacial score (nSPS) is 11.9. The molecule has 1 unspecified atom stereocenters. The van der Waals surface area contributed by atoms with Gasteiger partial charge in [0.05, 0.1) is 0 Å². The Hall–Kier alpha value is -2.23. The van der Waals surface area contributed by atoms with Crippen LogP contribution in [0.1, 0.15) is 11.7 Å². The zero-order valence-electron chi connectivity index (χ0n) is 10.4. The molecule has 0 bridgehead atoms. The Kier molecular flexibility index (Phi) is 3.90. The van der Waals surface area contributed by atoms with Crippen LogP contribution in [0.25, 0.3) is 11.1 Å². The van der Waals surface area contributed by atoms with Crippen molar-refractivity contribution in [3.63, 3.8) is 0 Å². The molecule has 2 aromatic rings. The topological polar surface area (TPSA) is 29.1 Å². The molecule has 0 saturated carbocycles. The average Bonchev–Trinajstić information content (AvgIpc) is 2.45. The highest BCUT2D eigenvalue weighted by atomic mass is 19.1. The lowest BCUT2D eigenvalue weighted by molar-refractivity contribution is -0.125. The Bertz CT molecular complexity index is 598. The first-order chi connectivity index (χ1) is 9.13. The van der Waals surface area contributed by atoms with Crippen LogP contribution in [0.2, 0.25) is 0 Å². The minimum absolute atomic E-state index is 0.229. The molecule has 1 atom stereocenters. The molecule has 0 aliphatic carbocycles. The molecule has 2 rings (SSSR count). The molecule has 0 aliphatic heterocycles. The highest BCUT2D eigenvalue weighted by Crippen LogP contribution is 2.30. The first-order valence-corrected chi connectivity index (χ1v) is 5.84.